The Morgan fingerprint density at radius 2 is 1.70 bits per heavy atom. The number of aryl methyl sites for hydroxylation is 1. The summed E-state index contributed by atoms with van der Waals surface area (Å²) in [7, 11) is 2.00. The lowest BCUT2D eigenvalue weighted by molar-refractivity contribution is 0.461. The minimum Gasteiger partial charge on any atom is -0.439 e. The van der Waals surface area contributed by atoms with Gasteiger partial charge in [0.2, 0.25) is 5.88 Å². The minimum absolute atomic E-state index is 0.541. The Kier molecular flexibility index (Phi) is 4.52. The molecule has 1 aromatic heterocycles. The highest BCUT2D eigenvalue weighted by atomic mass is 16.5. The van der Waals surface area contributed by atoms with E-state index in [0.29, 0.717) is 5.88 Å². The molecule has 0 amide bonds. The normalized spacial score (nSPS) is 10.3. The van der Waals surface area contributed by atoms with Gasteiger partial charge in [0.1, 0.15) is 17.9 Å². The van der Waals surface area contributed by atoms with Crippen LogP contribution in [0.25, 0.3) is 0 Å². The predicted octanol–water partition coefficient (Wildman–Crippen LogP) is 4.21. The molecule has 0 spiro atoms. The molecule has 0 unspecified atom stereocenters. The molecular weight excluding hydrogens is 286 g/mol. The van der Waals surface area contributed by atoms with Gasteiger partial charge in [-0.2, -0.15) is 0 Å². The van der Waals surface area contributed by atoms with E-state index in [0.717, 1.165) is 18.1 Å². The Balaban J connectivity index is 1.72. The zero-order chi connectivity index (χ0) is 16.1. The maximum absolute atomic E-state index is 5.80. The summed E-state index contributed by atoms with van der Waals surface area (Å²) >= 11 is 0. The molecular formula is C19H19N3O. The molecule has 0 atom stereocenters. The highest BCUT2D eigenvalue weighted by Crippen LogP contribution is 2.22. The molecule has 0 saturated heterocycles. The van der Waals surface area contributed by atoms with E-state index in [-0.39, 0.29) is 0 Å². The first-order valence-corrected chi connectivity index (χ1v) is 7.52. The number of hydrogen-bond donors (Lipinski definition) is 0. The van der Waals surface area contributed by atoms with Crippen LogP contribution in [0.5, 0.6) is 11.6 Å². The van der Waals surface area contributed by atoms with Gasteiger partial charge in [-0.15, -0.1) is 0 Å². The SMILES string of the molecule is Cc1ccc(Oc2cc(N(C)Cc3ccccc3)ncn2)cc1. The van der Waals surface area contributed by atoms with Crippen LogP contribution in [-0.2, 0) is 6.54 Å². The van der Waals surface area contributed by atoms with E-state index >= 15 is 0 Å². The van der Waals surface area contributed by atoms with Gasteiger partial charge in [0.25, 0.3) is 0 Å². The van der Waals surface area contributed by atoms with Crippen LogP contribution in [0.3, 0.4) is 0 Å². The van der Waals surface area contributed by atoms with E-state index in [9.17, 15) is 0 Å². The van der Waals surface area contributed by atoms with Crippen molar-refractivity contribution in [1.29, 1.82) is 0 Å². The molecule has 3 rings (SSSR count). The van der Waals surface area contributed by atoms with Crippen molar-refractivity contribution in [2.45, 2.75) is 13.5 Å². The van der Waals surface area contributed by atoms with E-state index in [2.05, 4.69) is 27.0 Å². The zero-order valence-electron chi connectivity index (χ0n) is 13.3. The number of aromatic nitrogens is 2. The highest BCUT2D eigenvalue weighted by Gasteiger charge is 2.07. The molecule has 0 radical (unpaired) electrons. The van der Waals surface area contributed by atoms with Crippen LogP contribution in [0.4, 0.5) is 5.82 Å². The fourth-order valence-corrected chi connectivity index (χ4v) is 2.26. The lowest BCUT2D eigenvalue weighted by atomic mass is 10.2. The summed E-state index contributed by atoms with van der Waals surface area (Å²) in [5, 5.41) is 0. The van der Waals surface area contributed by atoms with Crippen LogP contribution in [-0.4, -0.2) is 17.0 Å². The van der Waals surface area contributed by atoms with Crippen molar-refractivity contribution in [2.24, 2.45) is 0 Å². The van der Waals surface area contributed by atoms with Crippen molar-refractivity contribution in [3.8, 4) is 11.6 Å². The molecule has 0 saturated carbocycles. The zero-order valence-corrected chi connectivity index (χ0v) is 13.3. The quantitative estimate of drug-likeness (QED) is 0.707. The van der Waals surface area contributed by atoms with Gasteiger partial charge in [0.05, 0.1) is 0 Å². The molecule has 116 valence electrons. The lowest BCUT2D eigenvalue weighted by Gasteiger charge is -2.18. The maximum atomic E-state index is 5.80. The molecule has 0 bridgehead atoms. The van der Waals surface area contributed by atoms with E-state index in [1.54, 1.807) is 0 Å². The van der Waals surface area contributed by atoms with Crippen LogP contribution in [0.1, 0.15) is 11.1 Å². The molecule has 0 fully saturated rings. The molecule has 0 N–H and O–H groups in total. The van der Waals surface area contributed by atoms with Crippen molar-refractivity contribution in [1.82, 2.24) is 9.97 Å². The predicted molar refractivity (Wildman–Crippen MR) is 91.8 cm³/mol. The minimum atomic E-state index is 0.541. The number of ether oxygens (including phenoxy) is 1. The topological polar surface area (TPSA) is 38.2 Å². The summed E-state index contributed by atoms with van der Waals surface area (Å²) in [5.41, 5.74) is 2.43. The fourth-order valence-electron chi connectivity index (χ4n) is 2.26. The van der Waals surface area contributed by atoms with Gasteiger partial charge in [-0.05, 0) is 24.6 Å². The van der Waals surface area contributed by atoms with Crippen molar-refractivity contribution in [3.05, 3.63) is 78.1 Å². The van der Waals surface area contributed by atoms with Crippen molar-refractivity contribution < 1.29 is 4.74 Å². The summed E-state index contributed by atoms with van der Waals surface area (Å²) in [6.07, 6.45) is 1.53. The second kappa shape index (κ2) is 6.92. The van der Waals surface area contributed by atoms with Crippen molar-refractivity contribution in [3.63, 3.8) is 0 Å². The van der Waals surface area contributed by atoms with Crippen molar-refractivity contribution >= 4 is 5.82 Å². The third-order valence-electron chi connectivity index (χ3n) is 3.52. The van der Waals surface area contributed by atoms with Gasteiger partial charge in [0, 0.05) is 19.7 Å². The first-order chi connectivity index (χ1) is 11.2. The van der Waals surface area contributed by atoms with Gasteiger partial charge >= 0.3 is 0 Å². The molecule has 4 heteroatoms. The monoisotopic (exact) mass is 305 g/mol. The third kappa shape index (κ3) is 4.07. The van der Waals surface area contributed by atoms with Crippen LogP contribution in [0.2, 0.25) is 0 Å². The van der Waals surface area contributed by atoms with Gasteiger partial charge in [-0.3, -0.25) is 0 Å². The second-order valence-electron chi connectivity index (χ2n) is 5.47. The third-order valence-corrected chi connectivity index (χ3v) is 3.52. The Hall–Kier alpha value is -2.88. The average molecular weight is 305 g/mol. The summed E-state index contributed by atoms with van der Waals surface area (Å²) in [6.45, 7) is 2.83. The molecule has 1 heterocycles. The van der Waals surface area contributed by atoms with E-state index in [4.69, 9.17) is 4.74 Å². The van der Waals surface area contributed by atoms with Gasteiger partial charge in [-0.1, -0.05) is 48.0 Å². The highest BCUT2D eigenvalue weighted by molar-refractivity contribution is 5.42. The summed E-state index contributed by atoms with van der Waals surface area (Å²) in [6, 6.07) is 20.0. The molecule has 4 nitrogen and oxygen atoms in total. The van der Waals surface area contributed by atoms with Crippen LogP contribution in [0, 0.1) is 6.92 Å². The van der Waals surface area contributed by atoms with Crippen molar-refractivity contribution in [2.75, 3.05) is 11.9 Å². The molecule has 0 aliphatic rings. The average Bonchev–Trinajstić information content (AvgIpc) is 2.58. The Labute approximate surface area is 136 Å². The largest absolute Gasteiger partial charge is 0.439 e. The summed E-state index contributed by atoms with van der Waals surface area (Å²) in [5.74, 6) is 2.13. The van der Waals surface area contributed by atoms with Crippen LogP contribution in [0.15, 0.2) is 67.0 Å². The Morgan fingerprint density at radius 3 is 2.43 bits per heavy atom. The molecule has 3 aromatic rings. The van der Waals surface area contributed by atoms with E-state index in [1.165, 1.54) is 17.5 Å². The first kappa shape index (κ1) is 15.0. The lowest BCUT2D eigenvalue weighted by Crippen LogP contribution is -2.17. The second-order valence-corrected chi connectivity index (χ2v) is 5.47. The van der Waals surface area contributed by atoms with Gasteiger partial charge in [-0.25, -0.2) is 9.97 Å². The number of rotatable bonds is 5. The number of nitrogens with zero attached hydrogens (tertiary/aromatic N) is 3. The van der Waals surface area contributed by atoms with Crippen LogP contribution >= 0.6 is 0 Å². The number of benzene rings is 2. The first-order valence-electron chi connectivity index (χ1n) is 7.52. The molecule has 23 heavy (non-hydrogen) atoms. The maximum Gasteiger partial charge on any atom is 0.224 e. The molecule has 2 aromatic carbocycles. The van der Waals surface area contributed by atoms with E-state index < -0.39 is 0 Å². The Morgan fingerprint density at radius 1 is 0.957 bits per heavy atom. The van der Waals surface area contributed by atoms with E-state index in [1.807, 2.05) is 62.5 Å². The van der Waals surface area contributed by atoms with Crippen LogP contribution < -0.4 is 9.64 Å². The fraction of sp³-hybridized carbons (Fsp3) is 0.158. The van der Waals surface area contributed by atoms with Gasteiger partial charge in [0.15, 0.2) is 0 Å². The van der Waals surface area contributed by atoms with Gasteiger partial charge < -0.3 is 9.64 Å². The summed E-state index contributed by atoms with van der Waals surface area (Å²) < 4.78 is 5.80. The smallest absolute Gasteiger partial charge is 0.224 e. The molecule has 0 aliphatic heterocycles. The summed E-state index contributed by atoms with van der Waals surface area (Å²) in [4.78, 5) is 10.6. The standard InChI is InChI=1S/C19H19N3O/c1-15-8-10-17(11-9-15)23-19-12-18(20-14-21-19)22(2)13-16-6-4-3-5-7-16/h3-12,14H,13H2,1-2H3. The Bertz CT molecular complexity index is 757. The molecule has 0 aliphatic carbocycles. The number of hydrogen-bond acceptors (Lipinski definition) is 4. The number of anilines is 1.